The van der Waals surface area contributed by atoms with Crippen LogP contribution < -0.4 is 16.0 Å². The molecular weight excluding hydrogens is 529 g/mol. The van der Waals surface area contributed by atoms with Gasteiger partial charge in [-0.3, -0.25) is 9.13 Å². The molecule has 3 aliphatic rings. The van der Waals surface area contributed by atoms with Crippen LogP contribution in [0.15, 0.2) is 10.9 Å². The minimum absolute atomic E-state index is 0.0259. The van der Waals surface area contributed by atoms with Crippen LogP contribution >= 0.6 is 7.60 Å². The van der Waals surface area contributed by atoms with E-state index in [2.05, 4.69) is 4.98 Å². The standard InChI is InChI=1S/C26H44N3O9P/c1-9-34-39(31,35-10-2)20-14-19(28(16(3)4)17(5)6)27-25(30)29(20)24-23-22(37-26(7,8)38-23)18(36-24)15-33-21-12-11-13-32-21/h14,16-18,21-24H,9-13,15H2,1-8H3/t18-,21?,22-,23-,24-/m1/s1. The van der Waals surface area contributed by atoms with Crippen LogP contribution in [0.4, 0.5) is 5.82 Å². The molecule has 0 spiro atoms. The summed E-state index contributed by atoms with van der Waals surface area (Å²) in [7, 11) is -3.97. The molecule has 1 aromatic rings. The van der Waals surface area contributed by atoms with Crippen LogP contribution in [-0.4, -0.2) is 78.5 Å². The topological polar surface area (TPSA) is 120 Å². The average Bonchev–Trinajstić information content (AvgIpc) is 3.53. The molecule has 13 heteroatoms. The van der Waals surface area contributed by atoms with Gasteiger partial charge in [-0.2, -0.15) is 4.98 Å². The minimum atomic E-state index is -3.97. The maximum absolute atomic E-state index is 14.2. The molecule has 0 N–H and O–H groups in total. The summed E-state index contributed by atoms with van der Waals surface area (Å²) in [5.74, 6) is -0.542. The van der Waals surface area contributed by atoms with E-state index in [-0.39, 0.29) is 43.6 Å². The number of anilines is 1. The van der Waals surface area contributed by atoms with E-state index in [0.29, 0.717) is 12.4 Å². The monoisotopic (exact) mass is 573 g/mol. The van der Waals surface area contributed by atoms with E-state index in [1.165, 1.54) is 4.57 Å². The van der Waals surface area contributed by atoms with E-state index in [4.69, 9.17) is 32.7 Å². The van der Waals surface area contributed by atoms with Crippen LogP contribution in [0.25, 0.3) is 0 Å². The van der Waals surface area contributed by atoms with Gasteiger partial charge in [-0.25, -0.2) is 4.79 Å². The second-order valence-electron chi connectivity index (χ2n) is 11.0. The lowest BCUT2D eigenvalue weighted by Crippen LogP contribution is -2.46. The van der Waals surface area contributed by atoms with E-state index in [9.17, 15) is 9.36 Å². The Labute approximate surface area is 230 Å². The molecule has 12 nitrogen and oxygen atoms in total. The Hall–Kier alpha value is -1.37. The summed E-state index contributed by atoms with van der Waals surface area (Å²) in [6.07, 6.45) is -1.36. The summed E-state index contributed by atoms with van der Waals surface area (Å²) in [4.78, 5) is 20.2. The lowest BCUT2D eigenvalue weighted by molar-refractivity contribution is -0.211. The zero-order valence-electron chi connectivity index (χ0n) is 24.3. The van der Waals surface area contributed by atoms with Crippen molar-refractivity contribution in [2.75, 3.05) is 31.3 Å². The van der Waals surface area contributed by atoms with Gasteiger partial charge in [0.15, 0.2) is 18.3 Å². The smallest absolute Gasteiger partial charge is 0.353 e. The Morgan fingerprint density at radius 1 is 1.13 bits per heavy atom. The van der Waals surface area contributed by atoms with Crippen LogP contribution in [0.3, 0.4) is 0 Å². The molecular formula is C26H44N3O9P. The molecule has 1 unspecified atom stereocenters. The first-order chi connectivity index (χ1) is 18.4. The second-order valence-corrected chi connectivity index (χ2v) is 12.9. The predicted octanol–water partition coefficient (Wildman–Crippen LogP) is 3.33. The summed E-state index contributed by atoms with van der Waals surface area (Å²) in [6, 6.07) is 1.67. The number of hydrogen-bond donors (Lipinski definition) is 0. The average molecular weight is 574 g/mol. The quantitative estimate of drug-likeness (QED) is 0.343. The molecule has 5 atom stereocenters. The van der Waals surface area contributed by atoms with Crippen molar-refractivity contribution < 1.29 is 37.3 Å². The molecule has 4 heterocycles. The molecule has 1 aromatic heterocycles. The predicted molar refractivity (Wildman–Crippen MR) is 144 cm³/mol. The van der Waals surface area contributed by atoms with Gasteiger partial charge < -0.3 is 37.6 Å². The van der Waals surface area contributed by atoms with E-state index in [0.717, 1.165) is 12.8 Å². The Balaban J connectivity index is 1.80. The molecule has 0 saturated carbocycles. The van der Waals surface area contributed by atoms with Gasteiger partial charge in [0.2, 0.25) is 0 Å². The lowest BCUT2D eigenvalue weighted by Gasteiger charge is -2.33. The maximum Gasteiger partial charge on any atom is 0.377 e. The van der Waals surface area contributed by atoms with Crippen LogP contribution in [0.5, 0.6) is 0 Å². The summed E-state index contributed by atoms with van der Waals surface area (Å²) >= 11 is 0. The lowest BCUT2D eigenvalue weighted by atomic mass is 10.1. The molecule has 222 valence electrons. The van der Waals surface area contributed by atoms with E-state index in [1.807, 2.05) is 32.6 Å². The Kier molecular flexibility index (Phi) is 9.60. The zero-order valence-corrected chi connectivity index (χ0v) is 25.2. The van der Waals surface area contributed by atoms with Crippen molar-refractivity contribution in [2.45, 2.75) is 117 Å². The fourth-order valence-electron chi connectivity index (χ4n) is 5.57. The number of aromatic nitrogens is 2. The van der Waals surface area contributed by atoms with Crippen molar-refractivity contribution >= 4 is 18.8 Å². The van der Waals surface area contributed by atoms with Gasteiger partial charge >= 0.3 is 13.3 Å². The van der Waals surface area contributed by atoms with Gasteiger partial charge in [-0.05, 0) is 61.8 Å². The van der Waals surface area contributed by atoms with Gasteiger partial charge in [-0.15, -0.1) is 0 Å². The van der Waals surface area contributed by atoms with Crippen LogP contribution in [0, 0.1) is 0 Å². The highest BCUT2D eigenvalue weighted by molar-refractivity contribution is 7.62. The van der Waals surface area contributed by atoms with Crippen LogP contribution in [0.2, 0.25) is 0 Å². The molecule has 0 amide bonds. The van der Waals surface area contributed by atoms with E-state index in [1.54, 1.807) is 33.8 Å². The molecule has 4 rings (SSSR count). The van der Waals surface area contributed by atoms with Crippen molar-refractivity contribution in [1.82, 2.24) is 9.55 Å². The molecule has 3 saturated heterocycles. The molecule has 3 aliphatic heterocycles. The molecule has 3 fully saturated rings. The van der Waals surface area contributed by atoms with Crippen molar-refractivity contribution in [3.63, 3.8) is 0 Å². The Bertz CT molecular complexity index is 1070. The minimum Gasteiger partial charge on any atom is -0.353 e. The highest BCUT2D eigenvalue weighted by atomic mass is 31.2. The molecule has 39 heavy (non-hydrogen) atoms. The third-order valence-corrected chi connectivity index (χ3v) is 8.99. The second kappa shape index (κ2) is 12.2. The number of hydrogen-bond acceptors (Lipinski definition) is 11. The molecule has 0 bridgehead atoms. The van der Waals surface area contributed by atoms with Gasteiger partial charge in [0, 0.05) is 31.2 Å². The maximum atomic E-state index is 14.2. The first-order valence-electron chi connectivity index (χ1n) is 14.0. The highest BCUT2D eigenvalue weighted by Crippen LogP contribution is 2.49. The van der Waals surface area contributed by atoms with Gasteiger partial charge in [-0.1, -0.05) is 0 Å². The first-order valence-corrected chi connectivity index (χ1v) is 15.5. The van der Waals surface area contributed by atoms with E-state index < -0.39 is 43.6 Å². The van der Waals surface area contributed by atoms with E-state index >= 15 is 0 Å². The summed E-state index contributed by atoms with van der Waals surface area (Å²) in [5, 5.41) is 0. The van der Waals surface area contributed by atoms with Crippen molar-refractivity contribution in [1.29, 1.82) is 0 Å². The number of fused-ring (bicyclic) bond motifs is 1. The fraction of sp³-hybridized carbons (Fsp3) is 0.846. The highest BCUT2D eigenvalue weighted by Gasteiger charge is 2.57. The van der Waals surface area contributed by atoms with Crippen molar-refractivity contribution in [3.8, 4) is 0 Å². The largest absolute Gasteiger partial charge is 0.377 e. The van der Waals surface area contributed by atoms with Crippen LogP contribution in [-0.2, 0) is 37.3 Å². The van der Waals surface area contributed by atoms with Gasteiger partial charge in [0.05, 0.1) is 19.8 Å². The normalized spacial score (nSPS) is 28.5. The SMILES string of the molecule is CCOP(=O)(OCC)c1cc(N(C(C)C)C(C)C)nc(=O)n1[C@@H]1O[C@H](COC2CCCO2)[C@H]2OC(C)(C)O[C@H]21. The third-order valence-electron chi connectivity index (χ3n) is 6.89. The first kappa shape index (κ1) is 30.6. The summed E-state index contributed by atoms with van der Waals surface area (Å²) in [6.45, 7) is 16.1. The number of nitrogens with zero attached hydrogens (tertiary/aromatic N) is 3. The Morgan fingerprint density at radius 3 is 2.33 bits per heavy atom. The fourth-order valence-corrected chi connectivity index (χ4v) is 7.32. The molecule has 0 radical (unpaired) electrons. The van der Waals surface area contributed by atoms with Crippen molar-refractivity contribution in [2.24, 2.45) is 0 Å². The van der Waals surface area contributed by atoms with Crippen LogP contribution in [0.1, 0.15) is 74.5 Å². The zero-order chi connectivity index (χ0) is 28.5. The summed E-state index contributed by atoms with van der Waals surface area (Å²) in [5.41, 5.74) is -0.587. The number of rotatable bonds is 12. The Morgan fingerprint density at radius 2 is 1.77 bits per heavy atom. The van der Waals surface area contributed by atoms with Gasteiger partial charge in [0.25, 0.3) is 0 Å². The van der Waals surface area contributed by atoms with Gasteiger partial charge in [0.1, 0.15) is 29.6 Å². The molecule has 0 aromatic carbocycles. The van der Waals surface area contributed by atoms with Crippen molar-refractivity contribution in [3.05, 3.63) is 16.6 Å². The molecule has 0 aliphatic carbocycles. The summed E-state index contributed by atoms with van der Waals surface area (Å²) < 4.78 is 57.3. The number of ether oxygens (including phenoxy) is 5. The third kappa shape index (κ3) is 6.43.